The summed E-state index contributed by atoms with van der Waals surface area (Å²) in [5.74, 6) is 0.655. The molecule has 0 spiro atoms. The highest BCUT2D eigenvalue weighted by atomic mass is 35.5. The first-order valence-corrected chi connectivity index (χ1v) is 5.33. The van der Waals surface area contributed by atoms with Crippen LogP contribution >= 0.6 is 11.6 Å². The molecule has 0 N–H and O–H groups in total. The van der Waals surface area contributed by atoms with Gasteiger partial charge in [-0.1, -0.05) is 13.3 Å². The van der Waals surface area contributed by atoms with Crippen molar-refractivity contribution in [3.05, 3.63) is 23.9 Å². The third-order valence-electron chi connectivity index (χ3n) is 2.07. The average molecular weight is 214 g/mol. The van der Waals surface area contributed by atoms with Crippen LogP contribution in [0.3, 0.4) is 0 Å². The minimum atomic E-state index is 0.215. The molecule has 1 aromatic heterocycles. The number of halogens is 1. The Balaban J connectivity index is 2.57. The third-order valence-corrected chi connectivity index (χ3v) is 2.44. The lowest BCUT2D eigenvalue weighted by Crippen LogP contribution is -2.03. The van der Waals surface area contributed by atoms with Gasteiger partial charge in [-0.3, -0.25) is 0 Å². The summed E-state index contributed by atoms with van der Waals surface area (Å²) in [6.45, 7) is 2.14. The molecule has 78 valence electrons. The van der Waals surface area contributed by atoms with E-state index in [2.05, 4.69) is 11.9 Å². The van der Waals surface area contributed by atoms with Gasteiger partial charge in [-0.2, -0.15) is 0 Å². The van der Waals surface area contributed by atoms with Gasteiger partial charge in [0.1, 0.15) is 0 Å². The first-order valence-electron chi connectivity index (χ1n) is 4.89. The average Bonchev–Trinajstić information content (AvgIpc) is 2.18. The van der Waals surface area contributed by atoms with Gasteiger partial charge in [-0.25, -0.2) is 4.98 Å². The van der Waals surface area contributed by atoms with Crippen LogP contribution in [0.5, 0.6) is 5.88 Å². The molecule has 0 amide bonds. The molecule has 0 aliphatic carbocycles. The van der Waals surface area contributed by atoms with Crippen LogP contribution in [-0.2, 0) is 6.42 Å². The minimum Gasteiger partial charge on any atom is -0.481 e. The van der Waals surface area contributed by atoms with Crippen LogP contribution in [0.2, 0.25) is 0 Å². The van der Waals surface area contributed by atoms with Crippen molar-refractivity contribution >= 4 is 11.6 Å². The van der Waals surface area contributed by atoms with E-state index in [-0.39, 0.29) is 5.38 Å². The summed E-state index contributed by atoms with van der Waals surface area (Å²) in [7, 11) is 1.62. The van der Waals surface area contributed by atoms with E-state index in [1.807, 2.05) is 12.1 Å². The maximum Gasteiger partial charge on any atom is 0.213 e. The zero-order valence-electron chi connectivity index (χ0n) is 8.66. The molecule has 0 aliphatic rings. The smallest absolute Gasteiger partial charge is 0.213 e. The summed E-state index contributed by atoms with van der Waals surface area (Å²) in [5, 5.41) is 0.215. The Hall–Kier alpha value is -0.760. The SMILES string of the molecule is CCCC(Cl)Cc1ccnc(OC)c1. The van der Waals surface area contributed by atoms with E-state index in [0.717, 1.165) is 19.3 Å². The quantitative estimate of drug-likeness (QED) is 0.702. The second-order valence-electron chi connectivity index (χ2n) is 3.30. The zero-order chi connectivity index (χ0) is 10.4. The largest absolute Gasteiger partial charge is 0.481 e. The van der Waals surface area contributed by atoms with Gasteiger partial charge in [-0.15, -0.1) is 11.6 Å². The molecule has 2 nitrogen and oxygen atoms in total. The summed E-state index contributed by atoms with van der Waals surface area (Å²) in [6, 6.07) is 3.92. The molecular formula is C11H16ClNO. The Morgan fingerprint density at radius 3 is 3.00 bits per heavy atom. The molecule has 3 heteroatoms. The van der Waals surface area contributed by atoms with Gasteiger partial charge in [0.05, 0.1) is 7.11 Å². The normalized spacial score (nSPS) is 12.5. The molecule has 1 rings (SSSR count). The van der Waals surface area contributed by atoms with Gasteiger partial charge in [0.15, 0.2) is 0 Å². The van der Waals surface area contributed by atoms with Gasteiger partial charge >= 0.3 is 0 Å². The summed E-state index contributed by atoms with van der Waals surface area (Å²) in [6.07, 6.45) is 4.81. The van der Waals surface area contributed by atoms with E-state index < -0.39 is 0 Å². The fraction of sp³-hybridized carbons (Fsp3) is 0.545. The molecular weight excluding hydrogens is 198 g/mol. The number of nitrogens with zero attached hydrogens (tertiary/aromatic N) is 1. The van der Waals surface area contributed by atoms with E-state index >= 15 is 0 Å². The Kier molecular flexibility index (Phi) is 4.74. The minimum absolute atomic E-state index is 0.215. The highest BCUT2D eigenvalue weighted by Gasteiger charge is 2.05. The van der Waals surface area contributed by atoms with Crippen molar-refractivity contribution in [3.8, 4) is 5.88 Å². The molecule has 1 atom stereocenters. The lowest BCUT2D eigenvalue weighted by Gasteiger charge is -2.08. The molecule has 14 heavy (non-hydrogen) atoms. The van der Waals surface area contributed by atoms with Crippen molar-refractivity contribution in [3.63, 3.8) is 0 Å². The first kappa shape index (κ1) is 11.3. The van der Waals surface area contributed by atoms with E-state index in [1.165, 1.54) is 5.56 Å². The van der Waals surface area contributed by atoms with Crippen molar-refractivity contribution in [2.24, 2.45) is 0 Å². The number of methoxy groups -OCH3 is 1. The standard InChI is InChI=1S/C11H16ClNO/c1-3-4-10(12)7-9-5-6-13-11(8-9)14-2/h5-6,8,10H,3-4,7H2,1-2H3. The number of aromatic nitrogens is 1. The molecule has 0 aromatic carbocycles. The lowest BCUT2D eigenvalue weighted by atomic mass is 10.1. The predicted molar refractivity (Wildman–Crippen MR) is 59.0 cm³/mol. The van der Waals surface area contributed by atoms with E-state index in [1.54, 1.807) is 13.3 Å². The van der Waals surface area contributed by atoms with Crippen molar-refractivity contribution in [1.29, 1.82) is 0 Å². The van der Waals surface area contributed by atoms with Gasteiger partial charge in [0.25, 0.3) is 0 Å². The van der Waals surface area contributed by atoms with Crippen LogP contribution < -0.4 is 4.74 Å². The molecule has 0 bridgehead atoms. The van der Waals surface area contributed by atoms with Crippen LogP contribution in [0.1, 0.15) is 25.3 Å². The van der Waals surface area contributed by atoms with Gasteiger partial charge in [-0.05, 0) is 24.5 Å². The van der Waals surface area contributed by atoms with Crippen LogP contribution in [0, 0.1) is 0 Å². The summed E-state index contributed by atoms with van der Waals surface area (Å²) in [5.41, 5.74) is 1.19. The molecule has 0 fully saturated rings. The monoisotopic (exact) mass is 213 g/mol. The van der Waals surface area contributed by atoms with Crippen LogP contribution in [-0.4, -0.2) is 17.5 Å². The maximum absolute atomic E-state index is 6.15. The van der Waals surface area contributed by atoms with Crippen LogP contribution in [0.4, 0.5) is 0 Å². The second kappa shape index (κ2) is 5.86. The number of rotatable bonds is 5. The summed E-state index contributed by atoms with van der Waals surface area (Å²) < 4.78 is 5.04. The van der Waals surface area contributed by atoms with E-state index in [4.69, 9.17) is 16.3 Å². The van der Waals surface area contributed by atoms with Crippen LogP contribution in [0.15, 0.2) is 18.3 Å². The lowest BCUT2D eigenvalue weighted by molar-refractivity contribution is 0.397. The highest BCUT2D eigenvalue weighted by molar-refractivity contribution is 6.20. The fourth-order valence-corrected chi connectivity index (χ4v) is 1.76. The number of pyridine rings is 1. The van der Waals surface area contributed by atoms with Gasteiger partial charge in [0.2, 0.25) is 5.88 Å². The summed E-state index contributed by atoms with van der Waals surface area (Å²) >= 11 is 6.15. The van der Waals surface area contributed by atoms with E-state index in [0.29, 0.717) is 5.88 Å². The second-order valence-corrected chi connectivity index (χ2v) is 3.91. The molecule has 0 saturated heterocycles. The van der Waals surface area contributed by atoms with E-state index in [9.17, 15) is 0 Å². The zero-order valence-corrected chi connectivity index (χ0v) is 9.42. The van der Waals surface area contributed by atoms with Crippen LogP contribution in [0.25, 0.3) is 0 Å². The van der Waals surface area contributed by atoms with Gasteiger partial charge in [0, 0.05) is 17.6 Å². The molecule has 1 aromatic rings. The number of hydrogen-bond acceptors (Lipinski definition) is 2. The molecule has 0 radical (unpaired) electrons. The Bertz CT molecular complexity index is 278. The van der Waals surface area contributed by atoms with Crippen molar-refractivity contribution in [2.75, 3.05) is 7.11 Å². The van der Waals surface area contributed by atoms with Crippen molar-refractivity contribution in [1.82, 2.24) is 4.98 Å². The first-order chi connectivity index (χ1) is 6.76. The molecule has 1 unspecified atom stereocenters. The van der Waals surface area contributed by atoms with Crippen molar-refractivity contribution < 1.29 is 4.74 Å². The topological polar surface area (TPSA) is 22.1 Å². The highest BCUT2D eigenvalue weighted by Crippen LogP contribution is 2.15. The molecule has 0 aliphatic heterocycles. The number of hydrogen-bond donors (Lipinski definition) is 0. The Labute approximate surface area is 90.3 Å². The number of ether oxygens (including phenoxy) is 1. The van der Waals surface area contributed by atoms with Crippen molar-refractivity contribution in [2.45, 2.75) is 31.6 Å². The molecule has 0 saturated carbocycles. The van der Waals surface area contributed by atoms with Gasteiger partial charge < -0.3 is 4.74 Å². The number of alkyl halides is 1. The summed E-state index contributed by atoms with van der Waals surface area (Å²) in [4.78, 5) is 4.05. The predicted octanol–water partition coefficient (Wildman–Crippen LogP) is 3.04. The Morgan fingerprint density at radius 1 is 1.57 bits per heavy atom. The Morgan fingerprint density at radius 2 is 2.36 bits per heavy atom. The fourth-order valence-electron chi connectivity index (χ4n) is 1.36. The maximum atomic E-state index is 6.15. The molecule has 1 heterocycles. The third kappa shape index (κ3) is 3.54.